The number of non-ortho nitro benzene ring substituents is 1. The van der Waals surface area contributed by atoms with Gasteiger partial charge in [-0.2, -0.15) is 8.42 Å². The van der Waals surface area contributed by atoms with Crippen molar-refractivity contribution in [3.63, 3.8) is 0 Å². The Balaban J connectivity index is 0.000000198. The van der Waals surface area contributed by atoms with Gasteiger partial charge in [0.2, 0.25) is 0 Å². The van der Waals surface area contributed by atoms with Crippen molar-refractivity contribution < 1.29 is 17.9 Å². The third kappa shape index (κ3) is 4.52. The van der Waals surface area contributed by atoms with Gasteiger partial charge in [0.05, 0.1) is 4.92 Å². The van der Waals surface area contributed by atoms with Crippen molar-refractivity contribution in [3.8, 4) is 0 Å². The molecule has 0 aliphatic heterocycles. The number of nitrogens with zero attached hydrogens (tertiary/aromatic N) is 1. The number of nitro benzene ring substituents is 1. The number of aryl methyl sites for hydroxylation is 1. The van der Waals surface area contributed by atoms with E-state index in [1.165, 1.54) is 12.3 Å². The Morgan fingerprint density at radius 1 is 1.04 bits per heavy atom. The molecule has 0 atom stereocenters. The minimum absolute atomic E-state index is 0.0585. The molecule has 0 saturated carbocycles. The van der Waals surface area contributed by atoms with E-state index in [-0.39, 0.29) is 11.3 Å². The van der Waals surface area contributed by atoms with Gasteiger partial charge in [0.15, 0.2) is 0 Å². The molecule has 0 spiro atoms. The SMILES string of the molecule is Cc1c(N)cc([N+](=O)[O-])cc1S(=O)(=O)O.Cc1ccc2ccccc2c1N. The number of nitro groups is 1. The maximum absolute atomic E-state index is 10.9. The Morgan fingerprint density at radius 2 is 1.67 bits per heavy atom. The molecule has 0 fully saturated rings. The van der Waals surface area contributed by atoms with E-state index in [0.29, 0.717) is 0 Å². The number of nitrogens with two attached hydrogens (primary N) is 2. The lowest BCUT2D eigenvalue weighted by atomic mass is 10.1. The molecule has 9 heteroatoms. The van der Waals surface area contributed by atoms with Crippen LogP contribution in [0.1, 0.15) is 11.1 Å². The summed E-state index contributed by atoms with van der Waals surface area (Å²) < 4.78 is 30.5. The zero-order valence-corrected chi connectivity index (χ0v) is 15.5. The van der Waals surface area contributed by atoms with Crippen molar-refractivity contribution in [1.82, 2.24) is 0 Å². The largest absolute Gasteiger partial charge is 0.398 e. The summed E-state index contributed by atoms with van der Waals surface area (Å²) in [5.74, 6) is 0. The van der Waals surface area contributed by atoms with Crippen LogP contribution in [0.15, 0.2) is 53.4 Å². The van der Waals surface area contributed by atoms with Crippen LogP contribution in [0.5, 0.6) is 0 Å². The Labute approximate surface area is 156 Å². The molecule has 142 valence electrons. The van der Waals surface area contributed by atoms with Crippen molar-refractivity contribution in [2.45, 2.75) is 18.7 Å². The fourth-order valence-electron chi connectivity index (χ4n) is 2.47. The molecular weight excluding hydrogens is 370 g/mol. The lowest BCUT2D eigenvalue weighted by Gasteiger charge is -2.05. The van der Waals surface area contributed by atoms with E-state index in [4.69, 9.17) is 16.0 Å². The van der Waals surface area contributed by atoms with Crippen LogP contribution in [0.3, 0.4) is 0 Å². The summed E-state index contributed by atoms with van der Waals surface area (Å²) in [4.78, 5) is 9.08. The Kier molecular flexibility index (Phi) is 5.67. The number of anilines is 2. The third-order valence-electron chi connectivity index (χ3n) is 4.06. The highest BCUT2D eigenvalue weighted by atomic mass is 32.2. The number of rotatable bonds is 2. The van der Waals surface area contributed by atoms with Crippen LogP contribution in [-0.2, 0) is 10.1 Å². The quantitative estimate of drug-likeness (QED) is 0.263. The van der Waals surface area contributed by atoms with E-state index < -0.39 is 25.6 Å². The van der Waals surface area contributed by atoms with Gasteiger partial charge >= 0.3 is 0 Å². The van der Waals surface area contributed by atoms with E-state index >= 15 is 0 Å². The molecule has 0 aromatic heterocycles. The molecule has 0 aliphatic rings. The number of hydrogen-bond acceptors (Lipinski definition) is 6. The number of benzene rings is 3. The van der Waals surface area contributed by atoms with Gasteiger partial charge in [0, 0.05) is 28.9 Å². The molecule has 5 N–H and O–H groups in total. The minimum Gasteiger partial charge on any atom is -0.398 e. The van der Waals surface area contributed by atoms with Crippen molar-refractivity contribution in [2.75, 3.05) is 11.5 Å². The minimum atomic E-state index is -4.50. The molecule has 0 radical (unpaired) electrons. The average molecular weight is 389 g/mol. The predicted molar refractivity (Wildman–Crippen MR) is 105 cm³/mol. The molecule has 3 aromatic carbocycles. The molecule has 0 aliphatic carbocycles. The Morgan fingerprint density at radius 3 is 2.26 bits per heavy atom. The summed E-state index contributed by atoms with van der Waals surface area (Å²) in [6.45, 7) is 3.38. The van der Waals surface area contributed by atoms with Crippen LogP contribution in [0, 0.1) is 24.0 Å². The summed E-state index contributed by atoms with van der Waals surface area (Å²) >= 11 is 0. The van der Waals surface area contributed by atoms with Crippen LogP contribution >= 0.6 is 0 Å². The summed E-state index contributed by atoms with van der Waals surface area (Å²) in [6.07, 6.45) is 0. The second-order valence-corrected chi connectivity index (χ2v) is 7.30. The molecule has 3 aromatic rings. The number of nitrogen functional groups attached to an aromatic ring is 2. The molecule has 0 unspecified atom stereocenters. The maximum atomic E-state index is 10.9. The van der Waals surface area contributed by atoms with Crippen molar-refractivity contribution in [2.24, 2.45) is 0 Å². The fraction of sp³-hybridized carbons (Fsp3) is 0.111. The van der Waals surface area contributed by atoms with Crippen LogP contribution in [0.2, 0.25) is 0 Å². The van der Waals surface area contributed by atoms with Gasteiger partial charge in [-0.25, -0.2) is 0 Å². The van der Waals surface area contributed by atoms with E-state index in [0.717, 1.165) is 28.8 Å². The summed E-state index contributed by atoms with van der Waals surface area (Å²) in [5, 5.41) is 12.8. The second kappa shape index (κ2) is 7.60. The van der Waals surface area contributed by atoms with Gasteiger partial charge in [-0.3, -0.25) is 14.7 Å². The summed E-state index contributed by atoms with van der Waals surface area (Å²) in [7, 11) is -4.50. The van der Waals surface area contributed by atoms with Crippen molar-refractivity contribution in [3.05, 3.63) is 69.8 Å². The average Bonchev–Trinajstić information content (AvgIpc) is 2.60. The van der Waals surface area contributed by atoms with E-state index in [9.17, 15) is 18.5 Å². The van der Waals surface area contributed by atoms with Crippen LogP contribution in [-0.4, -0.2) is 17.9 Å². The van der Waals surface area contributed by atoms with Gasteiger partial charge < -0.3 is 11.5 Å². The molecule has 0 saturated heterocycles. The first-order chi connectivity index (χ1) is 12.5. The first-order valence-electron chi connectivity index (χ1n) is 7.78. The van der Waals surface area contributed by atoms with Crippen molar-refractivity contribution >= 4 is 38.0 Å². The smallest absolute Gasteiger partial charge is 0.295 e. The second-order valence-electron chi connectivity index (χ2n) is 5.91. The van der Waals surface area contributed by atoms with Gasteiger partial charge in [0.1, 0.15) is 4.90 Å². The zero-order chi connectivity index (χ0) is 20.4. The normalized spacial score (nSPS) is 10.9. The highest BCUT2D eigenvalue weighted by molar-refractivity contribution is 7.85. The van der Waals surface area contributed by atoms with Gasteiger partial charge in [-0.05, 0) is 30.4 Å². The lowest BCUT2D eigenvalue weighted by molar-refractivity contribution is -0.385. The fourth-order valence-corrected chi connectivity index (χ4v) is 3.25. The van der Waals surface area contributed by atoms with E-state index in [2.05, 4.69) is 24.3 Å². The maximum Gasteiger partial charge on any atom is 0.295 e. The summed E-state index contributed by atoms with van der Waals surface area (Å²) in [6, 6.07) is 14.1. The molecule has 8 nitrogen and oxygen atoms in total. The standard InChI is InChI=1S/C11H11N.C7H8N2O5S/c1-8-6-7-9-4-2-3-5-10(9)11(8)12;1-4-6(8)2-5(9(10)11)3-7(4)15(12,13)14/h2-7H,12H2,1H3;2-3H,8H2,1H3,(H,12,13,14). The lowest BCUT2D eigenvalue weighted by Crippen LogP contribution is -2.05. The molecule has 0 heterocycles. The molecular formula is C18H19N3O5S. The highest BCUT2D eigenvalue weighted by Crippen LogP contribution is 2.27. The summed E-state index contributed by atoms with van der Waals surface area (Å²) in [5.41, 5.74) is 12.9. The molecule has 27 heavy (non-hydrogen) atoms. The van der Waals surface area contributed by atoms with Crippen molar-refractivity contribution in [1.29, 1.82) is 0 Å². The first-order valence-corrected chi connectivity index (χ1v) is 9.22. The monoisotopic (exact) mass is 389 g/mol. The van der Waals surface area contributed by atoms with Gasteiger partial charge in [-0.1, -0.05) is 36.4 Å². The number of hydrogen-bond donors (Lipinski definition) is 3. The van der Waals surface area contributed by atoms with Crippen LogP contribution in [0.4, 0.5) is 17.1 Å². The molecule has 0 amide bonds. The van der Waals surface area contributed by atoms with Crippen LogP contribution < -0.4 is 11.5 Å². The Hall–Kier alpha value is -3.17. The number of fused-ring (bicyclic) bond motifs is 1. The first kappa shape index (κ1) is 20.1. The van der Waals surface area contributed by atoms with E-state index in [1.807, 2.05) is 19.1 Å². The third-order valence-corrected chi connectivity index (χ3v) is 5.04. The van der Waals surface area contributed by atoms with Crippen LogP contribution in [0.25, 0.3) is 10.8 Å². The predicted octanol–water partition coefficient (Wildman–Crippen LogP) is 3.46. The molecule has 3 rings (SSSR count). The Bertz CT molecular complexity index is 1130. The zero-order valence-electron chi connectivity index (χ0n) is 14.7. The topological polar surface area (TPSA) is 150 Å². The highest BCUT2D eigenvalue weighted by Gasteiger charge is 2.20. The van der Waals surface area contributed by atoms with Gasteiger partial charge in [-0.15, -0.1) is 0 Å². The van der Waals surface area contributed by atoms with Gasteiger partial charge in [0.25, 0.3) is 15.8 Å². The van der Waals surface area contributed by atoms with E-state index in [1.54, 1.807) is 0 Å². The molecule has 0 bridgehead atoms.